The second kappa shape index (κ2) is 5.25. The van der Waals surface area contributed by atoms with E-state index in [1.54, 1.807) is 11.0 Å². The van der Waals surface area contributed by atoms with Gasteiger partial charge in [-0.1, -0.05) is 0 Å². The van der Waals surface area contributed by atoms with Gasteiger partial charge in [0.25, 0.3) is 5.91 Å². The Hall–Kier alpha value is -1.78. The van der Waals surface area contributed by atoms with Gasteiger partial charge in [0.2, 0.25) is 5.91 Å². The number of nitrogens with zero attached hydrogens (tertiary/aromatic N) is 1. The molecule has 2 amide bonds. The van der Waals surface area contributed by atoms with Gasteiger partial charge in [-0.2, -0.15) is 0 Å². The topological polar surface area (TPSA) is 62.6 Å². The molecule has 0 saturated carbocycles. The van der Waals surface area contributed by atoms with Crippen LogP contribution in [-0.4, -0.2) is 35.3 Å². The molecule has 0 aliphatic carbocycles. The summed E-state index contributed by atoms with van der Waals surface area (Å²) >= 11 is 0. The van der Waals surface area contributed by atoms with E-state index in [2.05, 4.69) is 5.32 Å². The highest BCUT2D eigenvalue weighted by molar-refractivity contribution is 5.97. The summed E-state index contributed by atoms with van der Waals surface area (Å²) in [6, 6.07) is 1.36. The molecule has 1 aliphatic rings. The molecular formula is C13H18N2O3. The van der Waals surface area contributed by atoms with Crippen molar-refractivity contribution in [3.8, 4) is 0 Å². The first kappa shape index (κ1) is 12.7. The van der Waals surface area contributed by atoms with Crippen LogP contribution < -0.4 is 5.32 Å². The van der Waals surface area contributed by atoms with E-state index in [0.717, 1.165) is 12.8 Å². The normalized spacial score (nSPS) is 19.3. The minimum absolute atomic E-state index is 0.0701. The van der Waals surface area contributed by atoms with Crippen LogP contribution in [-0.2, 0) is 4.79 Å². The summed E-state index contributed by atoms with van der Waals surface area (Å²) in [4.78, 5) is 25.8. The predicted octanol–water partition coefficient (Wildman–Crippen LogP) is 1.41. The molecule has 2 heterocycles. The van der Waals surface area contributed by atoms with Gasteiger partial charge in [-0.25, -0.2) is 0 Å². The number of hydrogen-bond donors (Lipinski definition) is 1. The van der Waals surface area contributed by atoms with Gasteiger partial charge in [0, 0.05) is 12.6 Å². The van der Waals surface area contributed by atoms with Crippen molar-refractivity contribution in [3.05, 3.63) is 24.2 Å². The Morgan fingerprint density at radius 1 is 1.50 bits per heavy atom. The van der Waals surface area contributed by atoms with Crippen LogP contribution >= 0.6 is 0 Å². The Morgan fingerprint density at radius 3 is 2.89 bits per heavy atom. The molecule has 1 saturated heterocycles. The van der Waals surface area contributed by atoms with Crippen molar-refractivity contribution < 1.29 is 14.0 Å². The van der Waals surface area contributed by atoms with Gasteiger partial charge in [0.1, 0.15) is 12.3 Å². The Labute approximate surface area is 106 Å². The van der Waals surface area contributed by atoms with E-state index in [4.69, 9.17) is 4.42 Å². The molecule has 1 aromatic rings. The largest absolute Gasteiger partial charge is 0.472 e. The van der Waals surface area contributed by atoms with Crippen LogP contribution in [0.25, 0.3) is 0 Å². The third-order valence-corrected chi connectivity index (χ3v) is 3.02. The molecule has 0 bridgehead atoms. The van der Waals surface area contributed by atoms with E-state index in [-0.39, 0.29) is 23.9 Å². The van der Waals surface area contributed by atoms with E-state index in [1.807, 2.05) is 13.8 Å². The van der Waals surface area contributed by atoms with Crippen LogP contribution in [0.4, 0.5) is 0 Å². The highest BCUT2D eigenvalue weighted by atomic mass is 16.3. The molecule has 2 rings (SSSR count). The van der Waals surface area contributed by atoms with Crippen LogP contribution in [0.15, 0.2) is 23.0 Å². The van der Waals surface area contributed by atoms with Crippen molar-refractivity contribution in [2.24, 2.45) is 0 Å². The first-order chi connectivity index (χ1) is 8.59. The number of rotatable bonds is 3. The summed E-state index contributed by atoms with van der Waals surface area (Å²) < 4.78 is 4.91. The first-order valence-corrected chi connectivity index (χ1v) is 6.23. The number of nitrogens with one attached hydrogen (secondary N) is 1. The molecule has 1 aliphatic heterocycles. The second-order valence-corrected chi connectivity index (χ2v) is 4.83. The molecule has 5 heteroatoms. The van der Waals surface area contributed by atoms with Crippen LogP contribution in [0.3, 0.4) is 0 Å². The molecule has 5 nitrogen and oxygen atoms in total. The predicted molar refractivity (Wildman–Crippen MR) is 66.0 cm³/mol. The second-order valence-electron chi connectivity index (χ2n) is 4.83. The monoisotopic (exact) mass is 250 g/mol. The summed E-state index contributed by atoms with van der Waals surface area (Å²) in [5.74, 6) is -0.204. The minimum atomic E-state index is -0.352. The van der Waals surface area contributed by atoms with Crippen LogP contribution in [0.2, 0.25) is 0 Å². The zero-order valence-electron chi connectivity index (χ0n) is 10.7. The number of amides is 2. The van der Waals surface area contributed by atoms with Gasteiger partial charge < -0.3 is 14.6 Å². The molecule has 1 unspecified atom stereocenters. The van der Waals surface area contributed by atoms with Crippen molar-refractivity contribution in [1.82, 2.24) is 10.2 Å². The lowest BCUT2D eigenvalue weighted by Crippen LogP contribution is -2.47. The van der Waals surface area contributed by atoms with E-state index < -0.39 is 0 Å². The SMILES string of the molecule is CC(C)NC(=O)C1CCCN1C(=O)c1ccoc1. The van der Waals surface area contributed by atoms with Crippen LogP contribution in [0.5, 0.6) is 0 Å². The standard InChI is InChI=1S/C13H18N2O3/c1-9(2)14-12(16)11-4-3-6-15(11)13(17)10-5-7-18-8-10/h5,7-9,11H,3-4,6H2,1-2H3,(H,14,16). The van der Waals surface area contributed by atoms with Crippen molar-refractivity contribution in [2.75, 3.05) is 6.54 Å². The van der Waals surface area contributed by atoms with Crippen LogP contribution in [0.1, 0.15) is 37.0 Å². The molecule has 0 aromatic carbocycles. The molecule has 1 aromatic heterocycles. The van der Waals surface area contributed by atoms with Crippen molar-refractivity contribution in [1.29, 1.82) is 0 Å². The average Bonchev–Trinajstić information content (AvgIpc) is 2.98. The van der Waals surface area contributed by atoms with Gasteiger partial charge in [-0.05, 0) is 32.8 Å². The van der Waals surface area contributed by atoms with E-state index in [9.17, 15) is 9.59 Å². The summed E-state index contributed by atoms with van der Waals surface area (Å²) in [5, 5.41) is 2.86. The number of likely N-dealkylation sites (tertiary alicyclic amines) is 1. The number of carbonyl (C=O) groups is 2. The van der Waals surface area contributed by atoms with E-state index in [1.165, 1.54) is 12.5 Å². The third kappa shape index (κ3) is 2.55. The fourth-order valence-corrected chi connectivity index (χ4v) is 2.22. The molecule has 18 heavy (non-hydrogen) atoms. The van der Waals surface area contributed by atoms with Crippen molar-refractivity contribution >= 4 is 11.8 Å². The van der Waals surface area contributed by atoms with Gasteiger partial charge in [-0.15, -0.1) is 0 Å². The highest BCUT2D eigenvalue weighted by Crippen LogP contribution is 2.20. The molecule has 0 radical (unpaired) electrons. The summed E-state index contributed by atoms with van der Waals surface area (Å²) in [6.45, 7) is 4.45. The zero-order valence-corrected chi connectivity index (χ0v) is 10.7. The maximum atomic E-state index is 12.2. The fourth-order valence-electron chi connectivity index (χ4n) is 2.22. The average molecular weight is 250 g/mol. The van der Waals surface area contributed by atoms with Crippen molar-refractivity contribution in [3.63, 3.8) is 0 Å². The lowest BCUT2D eigenvalue weighted by Gasteiger charge is -2.24. The lowest BCUT2D eigenvalue weighted by molar-refractivity contribution is -0.125. The quantitative estimate of drug-likeness (QED) is 0.882. The highest BCUT2D eigenvalue weighted by Gasteiger charge is 2.34. The smallest absolute Gasteiger partial charge is 0.257 e. The molecule has 98 valence electrons. The maximum absolute atomic E-state index is 12.2. The number of carbonyl (C=O) groups excluding carboxylic acids is 2. The molecular weight excluding hydrogens is 232 g/mol. The Kier molecular flexibility index (Phi) is 3.69. The minimum Gasteiger partial charge on any atom is -0.472 e. The number of furan rings is 1. The van der Waals surface area contributed by atoms with Gasteiger partial charge in [0.15, 0.2) is 0 Å². The van der Waals surface area contributed by atoms with Gasteiger partial charge in [0.05, 0.1) is 11.8 Å². The molecule has 1 atom stereocenters. The Balaban J connectivity index is 2.08. The van der Waals surface area contributed by atoms with E-state index in [0.29, 0.717) is 12.1 Å². The summed E-state index contributed by atoms with van der Waals surface area (Å²) in [6.07, 6.45) is 4.46. The Morgan fingerprint density at radius 2 is 2.28 bits per heavy atom. The third-order valence-electron chi connectivity index (χ3n) is 3.02. The summed E-state index contributed by atoms with van der Waals surface area (Å²) in [5.41, 5.74) is 0.499. The van der Waals surface area contributed by atoms with Crippen LogP contribution in [0, 0.1) is 0 Å². The molecule has 1 N–H and O–H groups in total. The fraction of sp³-hybridized carbons (Fsp3) is 0.538. The van der Waals surface area contributed by atoms with Crippen molar-refractivity contribution in [2.45, 2.75) is 38.8 Å². The first-order valence-electron chi connectivity index (χ1n) is 6.23. The Bertz CT molecular complexity index is 425. The van der Waals surface area contributed by atoms with Gasteiger partial charge in [-0.3, -0.25) is 9.59 Å². The number of hydrogen-bond acceptors (Lipinski definition) is 3. The maximum Gasteiger partial charge on any atom is 0.257 e. The van der Waals surface area contributed by atoms with Gasteiger partial charge >= 0.3 is 0 Å². The lowest BCUT2D eigenvalue weighted by atomic mass is 10.2. The molecule has 1 fully saturated rings. The zero-order chi connectivity index (χ0) is 13.1. The summed E-state index contributed by atoms with van der Waals surface area (Å²) in [7, 11) is 0. The molecule has 0 spiro atoms. The van der Waals surface area contributed by atoms with E-state index >= 15 is 0 Å².